The van der Waals surface area contributed by atoms with Crippen molar-refractivity contribution < 1.29 is 4.74 Å². The van der Waals surface area contributed by atoms with E-state index in [0.717, 1.165) is 17.9 Å². The fourth-order valence-electron chi connectivity index (χ4n) is 2.69. The lowest BCUT2D eigenvalue weighted by Crippen LogP contribution is -2.44. The molecule has 118 valence electrons. The van der Waals surface area contributed by atoms with Crippen LogP contribution in [0.4, 0.5) is 5.69 Å². The normalized spacial score (nSPS) is 17.3. The smallest absolute Gasteiger partial charge is 0.142 e. The average molecular weight is 291 g/mol. The fourth-order valence-corrected chi connectivity index (χ4v) is 2.69. The molecule has 1 saturated heterocycles. The van der Waals surface area contributed by atoms with E-state index in [4.69, 9.17) is 10.5 Å². The summed E-state index contributed by atoms with van der Waals surface area (Å²) >= 11 is 0. The van der Waals surface area contributed by atoms with Crippen molar-refractivity contribution in [3.05, 3.63) is 23.8 Å². The number of ether oxygens (including phenoxy) is 1. The molecule has 1 aliphatic rings. The van der Waals surface area contributed by atoms with Crippen molar-refractivity contribution >= 4 is 5.69 Å². The van der Waals surface area contributed by atoms with Crippen molar-refractivity contribution in [2.24, 2.45) is 0 Å². The van der Waals surface area contributed by atoms with Crippen LogP contribution in [-0.4, -0.2) is 55.7 Å². The summed E-state index contributed by atoms with van der Waals surface area (Å²) in [5.74, 6) is 0.799. The molecule has 4 heteroatoms. The van der Waals surface area contributed by atoms with Crippen LogP contribution in [0.25, 0.3) is 0 Å². The third kappa shape index (κ3) is 5.21. The molecule has 0 unspecified atom stereocenters. The first-order valence-corrected chi connectivity index (χ1v) is 8.00. The maximum absolute atomic E-state index is 6.06. The average Bonchev–Trinajstić information content (AvgIpc) is 2.43. The van der Waals surface area contributed by atoms with E-state index >= 15 is 0 Å². The largest absolute Gasteiger partial charge is 0.489 e. The molecule has 0 saturated carbocycles. The second-order valence-electron chi connectivity index (χ2n) is 6.29. The molecule has 4 nitrogen and oxygen atoms in total. The van der Waals surface area contributed by atoms with Gasteiger partial charge in [-0.2, -0.15) is 0 Å². The van der Waals surface area contributed by atoms with Gasteiger partial charge in [0.25, 0.3) is 0 Å². The zero-order chi connectivity index (χ0) is 15.2. The van der Waals surface area contributed by atoms with Crippen molar-refractivity contribution in [3.63, 3.8) is 0 Å². The molecule has 1 aromatic rings. The number of nitrogen functional groups attached to an aromatic ring is 1. The Kier molecular flexibility index (Phi) is 5.88. The van der Waals surface area contributed by atoms with E-state index in [2.05, 4.69) is 29.0 Å². The van der Waals surface area contributed by atoms with Crippen LogP contribution >= 0.6 is 0 Å². The molecule has 0 spiro atoms. The molecule has 1 aliphatic heterocycles. The number of hydrogen-bond acceptors (Lipinski definition) is 4. The molecular weight excluding hydrogens is 262 g/mol. The van der Waals surface area contributed by atoms with Gasteiger partial charge in [0.2, 0.25) is 0 Å². The van der Waals surface area contributed by atoms with Crippen LogP contribution in [0.2, 0.25) is 0 Å². The van der Waals surface area contributed by atoms with Crippen LogP contribution in [0.5, 0.6) is 5.75 Å². The topological polar surface area (TPSA) is 41.7 Å². The monoisotopic (exact) mass is 291 g/mol. The Morgan fingerprint density at radius 3 is 2.52 bits per heavy atom. The van der Waals surface area contributed by atoms with E-state index in [1.807, 2.05) is 19.9 Å². The highest BCUT2D eigenvalue weighted by Gasteiger charge is 2.13. The highest BCUT2D eigenvalue weighted by molar-refractivity contribution is 5.54. The van der Waals surface area contributed by atoms with E-state index in [9.17, 15) is 0 Å². The number of aryl methyl sites for hydroxylation is 1. The summed E-state index contributed by atoms with van der Waals surface area (Å²) in [5, 5.41) is 0. The fraction of sp³-hybridized carbons (Fsp3) is 0.647. The predicted octanol–water partition coefficient (Wildman–Crippen LogP) is 2.24. The van der Waals surface area contributed by atoms with Gasteiger partial charge in [-0.25, -0.2) is 0 Å². The Labute approximate surface area is 128 Å². The molecule has 0 atom stereocenters. The lowest BCUT2D eigenvalue weighted by molar-refractivity contribution is 0.153. The first-order chi connectivity index (χ1) is 10.0. The summed E-state index contributed by atoms with van der Waals surface area (Å²) in [4.78, 5) is 4.95. The Bertz CT molecular complexity index is 440. The Morgan fingerprint density at radius 2 is 1.90 bits per heavy atom. The number of benzene rings is 1. The van der Waals surface area contributed by atoms with Crippen LogP contribution in [0.1, 0.15) is 25.8 Å². The minimum atomic E-state index is 0.162. The van der Waals surface area contributed by atoms with Crippen LogP contribution in [0, 0.1) is 0 Å². The molecule has 2 N–H and O–H groups in total. The van der Waals surface area contributed by atoms with Crippen LogP contribution in [-0.2, 0) is 6.42 Å². The number of anilines is 1. The summed E-state index contributed by atoms with van der Waals surface area (Å²) < 4.78 is 5.67. The lowest BCUT2D eigenvalue weighted by atomic mass is 10.1. The van der Waals surface area contributed by atoms with E-state index in [0.29, 0.717) is 0 Å². The molecule has 21 heavy (non-hydrogen) atoms. The van der Waals surface area contributed by atoms with Gasteiger partial charge in [-0.3, -0.25) is 0 Å². The molecule has 1 fully saturated rings. The second kappa shape index (κ2) is 7.66. The van der Waals surface area contributed by atoms with Gasteiger partial charge in [0, 0.05) is 26.2 Å². The number of rotatable bonds is 6. The van der Waals surface area contributed by atoms with Gasteiger partial charge in [0.05, 0.1) is 11.8 Å². The zero-order valence-electron chi connectivity index (χ0n) is 13.6. The molecule has 0 aromatic heterocycles. The summed E-state index contributed by atoms with van der Waals surface area (Å²) in [6.07, 6.45) is 2.43. The third-order valence-electron chi connectivity index (χ3n) is 3.97. The van der Waals surface area contributed by atoms with E-state index < -0.39 is 0 Å². The quantitative estimate of drug-likeness (QED) is 0.816. The van der Waals surface area contributed by atoms with Crippen molar-refractivity contribution in [3.8, 4) is 5.75 Å². The molecular formula is C17H29N3O. The third-order valence-corrected chi connectivity index (χ3v) is 3.97. The van der Waals surface area contributed by atoms with Crippen molar-refractivity contribution in [1.82, 2.24) is 9.80 Å². The summed E-state index contributed by atoms with van der Waals surface area (Å²) in [6, 6.07) is 6.19. The Morgan fingerprint density at radius 1 is 1.19 bits per heavy atom. The SMILES string of the molecule is CC(C)Oc1ccc(CCCN2CCN(C)CC2)cc1N. The van der Waals surface area contributed by atoms with Crippen molar-refractivity contribution in [1.29, 1.82) is 0 Å². The Hall–Kier alpha value is -1.26. The van der Waals surface area contributed by atoms with Gasteiger partial charge < -0.3 is 20.3 Å². The number of nitrogens with two attached hydrogens (primary N) is 1. The van der Waals surface area contributed by atoms with E-state index in [-0.39, 0.29) is 6.10 Å². The molecule has 0 aliphatic carbocycles. The van der Waals surface area contributed by atoms with Gasteiger partial charge in [-0.05, 0) is 58.0 Å². The molecule has 1 heterocycles. The molecule has 0 amide bonds. The van der Waals surface area contributed by atoms with Crippen LogP contribution in [0.3, 0.4) is 0 Å². The number of likely N-dealkylation sites (N-methyl/N-ethyl adjacent to an activating group) is 1. The van der Waals surface area contributed by atoms with Gasteiger partial charge in [-0.15, -0.1) is 0 Å². The standard InChI is InChI=1S/C17H29N3O/c1-14(2)21-17-7-6-15(13-16(17)18)5-4-8-20-11-9-19(3)10-12-20/h6-7,13-14H,4-5,8-12,18H2,1-3H3. The van der Waals surface area contributed by atoms with Crippen LogP contribution in [0.15, 0.2) is 18.2 Å². The van der Waals surface area contributed by atoms with Crippen LogP contribution < -0.4 is 10.5 Å². The number of piperazine rings is 1. The van der Waals surface area contributed by atoms with Gasteiger partial charge >= 0.3 is 0 Å². The minimum absolute atomic E-state index is 0.162. The molecule has 0 radical (unpaired) electrons. The molecule has 0 bridgehead atoms. The van der Waals surface area contributed by atoms with E-state index in [1.165, 1.54) is 44.7 Å². The highest BCUT2D eigenvalue weighted by Crippen LogP contribution is 2.24. The van der Waals surface area contributed by atoms with E-state index in [1.54, 1.807) is 0 Å². The van der Waals surface area contributed by atoms with Gasteiger partial charge in [0.15, 0.2) is 0 Å². The van der Waals surface area contributed by atoms with Crippen molar-refractivity contribution in [2.75, 3.05) is 45.5 Å². The van der Waals surface area contributed by atoms with Crippen molar-refractivity contribution in [2.45, 2.75) is 32.8 Å². The maximum Gasteiger partial charge on any atom is 0.142 e. The maximum atomic E-state index is 6.06. The Balaban J connectivity index is 1.77. The lowest BCUT2D eigenvalue weighted by Gasteiger charge is -2.32. The molecule has 1 aromatic carbocycles. The summed E-state index contributed by atoms with van der Waals surface area (Å²) in [6.45, 7) is 9.98. The predicted molar refractivity (Wildman–Crippen MR) is 88.9 cm³/mol. The minimum Gasteiger partial charge on any atom is -0.489 e. The zero-order valence-corrected chi connectivity index (χ0v) is 13.6. The highest BCUT2D eigenvalue weighted by atomic mass is 16.5. The number of nitrogens with zero attached hydrogens (tertiary/aromatic N) is 2. The van der Waals surface area contributed by atoms with Gasteiger partial charge in [0.1, 0.15) is 5.75 Å². The molecule has 2 rings (SSSR count). The second-order valence-corrected chi connectivity index (χ2v) is 6.29. The first-order valence-electron chi connectivity index (χ1n) is 8.00. The van der Waals surface area contributed by atoms with Gasteiger partial charge in [-0.1, -0.05) is 6.07 Å². The number of hydrogen-bond donors (Lipinski definition) is 1. The summed E-state index contributed by atoms with van der Waals surface area (Å²) in [5.41, 5.74) is 8.11. The summed E-state index contributed by atoms with van der Waals surface area (Å²) in [7, 11) is 2.20. The first kappa shape index (κ1) is 16.1.